The lowest BCUT2D eigenvalue weighted by atomic mass is 9.46. The number of fused-ring (bicyclic) bond motifs is 7. The molecule has 6 atom stereocenters. The third-order valence-corrected chi connectivity index (χ3v) is 12.8. The van der Waals surface area contributed by atoms with Crippen molar-refractivity contribution in [3.05, 3.63) is 65.2 Å². The number of rotatable bonds is 7. The Balaban J connectivity index is 1.06. The number of ketones is 3. The van der Waals surface area contributed by atoms with E-state index >= 15 is 0 Å². The summed E-state index contributed by atoms with van der Waals surface area (Å²) in [5.74, 6) is -0.995. The van der Waals surface area contributed by atoms with Crippen molar-refractivity contribution < 1.29 is 33.8 Å². The SMILES string of the molecule is COc1ccc2nc3cc(Cl)ccc3c(SCC(=O)OCC(=O)[C@@]3(O)CC[C@H]4[C@@H]5CCC6=CC(=O)C=C[C@@]6(C)[C@H]5C(=O)C[C@@]43C)c2c1. The molecule has 1 heterocycles. The van der Waals surface area contributed by atoms with Gasteiger partial charge in [0, 0.05) is 43.9 Å². The van der Waals surface area contributed by atoms with Gasteiger partial charge in [0.2, 0.25) is 5.78 Å². The van der Waals surface area contributed by atoms with Crippen LogP contribution in [-0.4, -0.2) is 58.5 Å². The van der Waals surface area contributed by atoms with E-state index in [0.717, 1.165) is 27.7 Å². The molecule has 0 radical (unpaired) electrons. The van der Waals surface area contributed by atoms with Gasteiger partial charge in [-0.3, -0.25) is 19.2 Å². The number of carbonyl (C=O) groups excluding carboxylic acids is 4. The smallest absolute Gasteiger partial charge is 0.316 e. The summed E-state index contributed by atoms with van der Waals surface area (Å²) in [4.78, 5) is 58.3. The molecular weight excluding hydrogens is 638 g/mol. The van der Waals surface area contributed by atoms with Gasteiger partial charge >= 0.3 is 5.97 Å². The van der Waals surface area contributed by atoms with Crippen molar-refractivity contribution in [1.29, 1.82) is 0 Å². The van der Waals surface area contributed by atoms with Gasteiger partial charge in [-0.1, -0.05) is 43.2 Å². The third-order valence-electron chi connectivity index (χ3n) is 11.5. The van der Waals surface area contributed by atoms with E-state index in [0.29, 0.717) is 34.6 Å². The number of hydrogen-bond acceptors (Lipinski definition) is 9. The van der Waals surface area contributed by atoms with Crippen LogP contribution in [-0.2, 0) is 23.9 Å². The minimum atomic E-state index is -1.78. The van der Waals surface area contributed by atoms with E-state index in [1.54, 1.807) is 31.4 Å². The molecule has 7 rings (SSSR count). The van der Waals surface area contributed by atoms with Crippen LogP contribution in [0, 0.1) is 28.6 Å². The standard InChI is InChI=1S/C37H36ClNO7S/c1-35-12-10-22(40)14-20(35)4-7-24-27-11-13-37(44,36(27,2)17-30(41)33(24)35)31(42)18-46-32(43)19-47-34-25-8-5-21(38)15-29(25)39-28-9-6-23(45-3)16-26(28)34/h5-6,8-10,12,14-16,24,27,33,44H,4,7,11,13,17-19H2,1-3H3/t24-,27-,33+,35+,36-,37-/m0/s1. The van der Waals surface area contributed by atoms with Crippen LogP contribution in [0.25, 0.3) is 21.8 Å². The lowest BCUT2D eigenvalue weighted by Crippen LogP contribution is -2.60. The van der Waals surface area contributed by atoms with Crippen LogP contribution < -0.4 is 4.74 Å². The number of thioether (sulfide) groups is 1. The molecule has 3 saturated carbocycles. The average molecular weight is 674 g/mol. The lowest BCUT2D eigenvalue weighted by molar-refractivity contribution is -0.172. The summed E-state index contributed by atoms with van der Waals surface area (Å²) in [6.07, 6.45) is 7.42. The van der Waals surface area contributed by atoms with Gasteiger partial charge in [0.25, 0.3) is 0 Å². The van der Waals surface area contributed by atoms with Gasteiger partial charge in [0.1, 0.15) is 17.1 Å². The largest absolute Gasteiger partial charge is 0.497 e. The summed E-state index contributed by atoms with van der Waals surface area (Å²) in [6.45, 7) is 3.31. The first-order valence-electron chi connectivity index (χ1n) is 16.0. The summed E-state index contributed by atoms with van der Waals surface area (Å²) >= 11 is 7.51. The number of esters is 1. The molecule has 0 bridgehead atoms. The molecule has 3 fully saturated rings. The maximum Gasteiger partial charge on any atom is 0.316 e. The first-order valence-corrected chi connectivity index (χ1v) is 17.3. The number of methoxy groups -OCH3 is 1. The normalized spacial score (nSPS) is 31.3. The van der Waals surface area contributed by atoms with Gasteiger partial charge in [0.05, 0.1) is 23.9 Å². The highest BCUT2D eigenvalue weighted by atomic mass is 35.5. The fraction of sp³-hybridized carbons (Fsp3) is 0.432. The van der Waals surface area contributed by atoms with E-state index < -0.39 is 34.8 Å². The molecule has 0 amide bonds. The van der Waals surface area contributed by atoms with Crippen molar-refractivity contribution >= 4 is 68.5 Å². The van der Waals surface area contributed by atoms with Gasteiger partial charge in [-0.15, -0.1) is 11.8 Å². The number of ether oxygens (including phenoxy) is 2. The Morgan fingerprint density at radius 3 is 2.68 bits per heavy atom. The number of allylic oxidation sites excluding steroid dienone is 4. The number of hydrogen-bond donors (Lipinski definition) is 1. The zero-order valence-electron chi connectivity index (χ0n) is 26.5. The molecule has 2 aromatic carbocycles. The fourth-order valence-electron chi connectivity index (χ4n) is 9.07. The highest BCUT2D eigenvalue weighted by Gasteiger charge is 2.68. The highest BCUT2D eigenvalue weighted by Crippen LogP contribution is 2.66. The molecule has 0 aliphatic heterocycles. The Bertz CT molecular complexity index is 1940. The first-order chi connectivity index (χ1) is 22.4. The molecule has 1 aromatic heterocycles. The lowest BCUT2D eigenvalue weighted by Gasteiger charge is -2.56. The highest BCUT2D eigenvalue weighted by molar-refractivity contribution is 8.00. The Morgan fingerprint density at radius 1 is 1.09 bits per heavy atom. The summed E-state index contributed by atoms with van der Waals surface area (Å²) < 4.78 is 10.9. The molecule has 0 spiro atoms. The second-order valence-corrected chi connectivity index (χ2v) is 15.2. The quantitative estimate of drug-likeness (QED) is 0.171. The van der Waals surface area contributed by atoms with E-state index in [1.807, 2.05) is 44.2 Å². The van der Waals surface area contributed by atoms with E-state index in [1.165, 1.54) is 11.8 Å². The van der Waals surface area contributed by atoms with Crippen LogP contribution >= 0.6 is 23.4 Å². The number of benzene rings is 2. The summed E-state index contributed by atoms with van der Waals surface area (Å²) in [5, 5.41) is 14.2. The van der Waals surface area contributed by atoms with Crippen LogP contribution in [0.15, 0.2) is 65.1 Å². The van der Waals surface area contributed by atoms with Crippen molar-refractivity contribution in [3.63, 3.8) is 0 Å². The maximum absolute atomic E-state index is 13.9. The van der Waals surface area contributed by atoms with Crippen LogP contribution in [0.1, 0.15) is 46.0 Å². The van der Waals surface area contributed by atoms with E-state index in [2.05, 4.69) is 0 Å². The van der Waals surface area contributed by atoms with Gasteiger partial charge in [-0.25, -0.2) is 4.98 Å². The van der Waals surface area contributed by atoms with Crippen molar-refractivity contribution in [2.75, 3.05) is 19.5 Å². The summed E-state index contributed by atoms with van der Waals surface area (Å²) in [6, 6.07) is 10.9. The Labute approximate surface area is 281 Å². The monoisotopic (exact) mass is 673 g/mol. The Hall–Kier alpha value is -3.53. The molecular formula is C37H36ClNO7S. The predicted molar refractivity (Wildman–Crippen MR) is 179 cm³/mol. The van der Waals surface area contributed by atoms with E-state index in [9.17, 15) is 24.3 Å². The molecule has 4 aliphatic carbocycles. The minimum Gasteiger partial charge on any atom is -0.497 e. The van der Waals surface area contributed by atoms with Gasteiger partial charge in [-0.05, 0) is 80.0 Å². The maximum atomic E-state index is 13.9. The molecule has 244 valence electrons. The van der Waals surface area contributed by atoms with Crippen molar-refractivity contribution in [2.45, 2.75) is 56.4 Å². The van der Waals surface area contributed by atoms with Crippen LogP contribution in [0.5, 0.6) is 5.75 Å². The molecule has 8 nitrogen and oxygen atoms in total. The second kappa shape index (κ2) is 11.6. The van der Waals surface area contributed by atoms with Crippen LogP contribution in [0.2, 0.25) is 5.02 Å². The molecule has 4 aliphatic rings. The minimum absolute atomic E-state index is 0.0112. The van der Waals surface area contributed by atoms with Gasteiger partial charge in [-0.2, -0.15) is 0 Å². The van der Waals surface area contributed by atoms with Crippen LogP contribution in [0.4, 0.5) is 0 Å². The second-order valence-electron chi connectivity index (χ2n) is 13.8. The molecule has 1 N–H and O–H groups in total. The number of pyridine rings is 1. The average Bonchev–Trinajstić information content (AvgIpc) is 3.32. The van der Waals surface area contributed by atoms with E-state index in [-0.39, 0.29) is 47.9 Å². The van der Waals surface area contributed by atoms with Crippen molar-refractivity contribution in [1.82, 2.24) is 4.98 Å². The number of aromatic nitrogens is 1. The van der Waals surface area contributed by atoms with Crippen LogP contribution in [0.3, 0.4) is 0 Å². The zero-order chi connectivity index (χ0) is 33.3. The zero-order valence-corrected chi connectivity index (χ0v) is 28.1. The van der Waals surface area contributed by atoms with Crippen molar-refractivity contribution in [2.24, 2.45) is 28.6 Å². The van der Waals surface area contributed by atoms with Gasteiger partial charge < -0.3 is 14.6 Å². The molecule has 0 unspecified atom stereocenters. The molecule has 0 saturated heterocycles. The summed E-state index contributed by atoms with van der Waals surface area (Å²) in [7, 11) is 1.58. The van der Waals surface area contributed by atoms with Crippen molar-refractivity contribution in [3.8, 4) is 5.75 Å². The third kappa shape index (κ3) is 5.04. The number of aliphatic hydroxyl groups is 1. The number of halogens is 1. The van der Waals surface area contributed by atoms with E-state index in [4.69, 9.17) is 26.1 Å². The number of Topliss-reactive ketones (excluding diaryl/α,β-unsaturated/α-hetero) is 2. The molecule has 3 aromatic rings. The number of nitrogens with zero attached hydrogens (tertiary/aromatic N) is 1. The summed E-state index contributed by atoms with van der Waals surface area (Å²) in [5.41, 5.74) is -0.888. The predicted octanol–water partition coefficient (Wildman–Crippen LogP) is 6.47. The topological polar surface area (TPSA) is 120 Å². The first kappa shape index (κ1) is 32.0. The molecule has 47 heavy (non-hydrogen) atoms. The fourth-order valence-corrected chi connectivity index (χ4v) is 10.2. The van der Waals surface area contributed by atoms with Gasteiger partial charge in [0.15, 0.2) is 12.4 Å². The number of carbonyl (C=O) groups is 4. The Kier molecular flexibility index (Phi) is 7.88. The Morgan fingerprint density at radius 2 is 1.89 bits per heavy atom. The molecule has 10 heteroatoms.